The van der Waals surface area contributed by atoms with Crippen molar-refractivity contribution in [2.45, 2.75) is 4.90 Å². The van der Waals surface area contributed by atoms with E-state index < -0.39 is 10.1 Å². The summed E-state index contributed by atoms with van der Waals surface area (Å²) in [5.74, 6) is 0. The second-order valence-electron chi connectivity index (χ2n) is 5.01. The lowest BCUT2D eigenvalue weighted by Crippen LogP contribution is -2.01. The van der Waals surface area contributed by atoms with Crippen LogP contribution in [0.3, 0.4) is 0 Å². The minimum absolute atomic E-state index is 0.140. The minimum atomic E-state index is -4.44. The third-order valence-electron chi connectivity index (χ3n) is 3.39. The van der Waals surface area contributed by atoms with Crippen LogP contribution in [0.15, 0.2) is 69.7 Å². The van der Waals surface area contributed by atoms with Gasteiger partial charge >= 0.3 is 0 Å². The molecule has 3 N–H and O–H groups in total. The van der Waals surface area contributed by atoms with Gasteiger partial charge in [0.1, 0.15) is 10.6 Å². The molecule has 0 saturated carbocycles. The summed E-state index contributed by atoms with van der Waals surface area (Å²) in [4.78, 5) is -0.271. The Hall–Kier alpha value is -2.48. The molecular weight excluding hydrogens is 350 g/mol. The molecule has 3 rings (SSSR count). The van der Waals surface area contributed by atoms with E-state index in [1.807, 2.05) is 0 Å². The van der Waals surface area contributed by atoms with Gasteiger partial charge in [-0.1, -0.05) is 41.9 Å². The number of azo groups is 1. The van der Waals surface area contributed by atoms with Gasteiger partial charge in [0.2, 0.25) is 0 Å². The minimum Gasteiger partial charge on any atom is -0.396 e. The van der Waals surface area contributed by atoms with E-state index in [1.54, 1.807) is 48.5 Å². The molecule has 24 heavy (non-hydrogen) atoms. The van der Waals surface area contributed by atoms with Crippen LogP contribution in [0.4, 0.5) is 17.1 Å². The monoisotopic (exact) mass is 361 g/mol. The highest BCUT2D eigenvalue weighted by atomic mass is 35.5. The molecule has 3 aromatic carbocycles. The molecular formula is C16H12ClN3O3S. The highest BCUT2D eigenvalue weighted by Gasteiger charge is 2.18. The number of rotatable bonds is 3. The number of hydrogen-bond donors (Lipinski definition) is 2. The molecule has 122 valence electrons. The van der Waals surface area contributed by atoms with Gasteiger partial charge in [0.15, 0.2) is 0 Å². The predicted molar refractivity (Wildman–Crippen MR) is 93.8 cm³/mol. The number of anilines is 1. The van der Waals surface area contributed by atoms with Crippen LogP contribution in [-0.4, -0.2) is 13.0 Å². The third-order valence-corrected chi connectivity index (χ3v) is 4.51. The lowest BCUT2D eigenvalue weighted by Gasteiger charge is -2.09. The maximum Gasteiger partial charge on any atom is 0.295 e. The maximum absolute atomic E-state index is 11.7. The van der Waals surface area contributed by atoms with Crippen molar-refractivity contribution >= 4 is 49.6 Å². The molecule has 0 fully saturated rings. The first-order valence-electron chi connectivity index (χ1n) is 6.82. The van der Waals surface area contributed by atoms with E-state index in [0.29, 0.717) is 21.5 Å². The van der Waals surface area contributed by atoms with Gasteiger partial charge in [-0.3, -0.25) is 4.55 Å². The van der Waals surface area contributed by atoms with E-state index in [1.165, 1.54) is 6.07 Å². The van der Waals surface area contributed by atoms with Crippen molar-refractivity contribution in [1.29, 1.82) is 0 Å². The van der Waals surface area contributed by atoms with Crippen LogP contribution in [0.2, 0.25) is 5.02 Å². The Bertz CT molecular complexity index is 1070. The zero-order chi connectivity index (χ0) is 17.3. The number of nitrogens with zero attached hydrogens (tertiary/aromatic N) is 2. The number of benzene rings is 3. The van der Waals surface area contributed by atoms with E-state index in [4.69, 9.17) is 17.3 Å². The zero-order valence-corrected chi connectivity index (χ0v) is 13.8. The SMILES string of the molecule is Nc1c(/N=N/c2cccc(Cl)c2)cc(S(=O)(=O)O)c2ccccc12. The Labute approximate surface area is 143 Å². The predicted octanol–water partition coefficient (Wildman–Crippen LogP) is 4.74. The second kappa shape index (κ2) is 6.20. The average molecular weight is 362 g/mol. The van der Waals surface area contributed by atoms with Crippen LogP contribution in [-0.2, 0) is 10.1 Å². The molecule has 3 aromatic rings. The number of nitrogens with two attached hydrogens (primary N) is 1. The first kappa shape index (κ1) is 16.4. The molecule has 0 amide bonds. The molecule has 0 atom stereocenters. The normalized spacial score (nSPS) is 12.1. The largest absolute Gasteiger partial charge is 0.396 e. The molecule has 6 nitrogen and oxygen atoms in total. The van der Waals surface area contributed by atoms with Crippen molar-refractivity contribution in [3.05, 3.63) is 59.6 Å². The Kier molecular flexibility index (Phi) is 4.23. The van der Waals surface area contributed by atoms with Crippen molar-refractivity contribution in [2.24, 2.45) is 10.2 Å². The van der Waals surface area contributed by atoms with Crippen molar-refractivity contribution in [3.8, 4) is 0 Å². The van der Waals surface area contributed by atoms with Gasteiger partial charge in [0.25, 0.3) is 10.1 Å². The summed E-state index contributed by atoms with van der Waals surface area (Å²) in [6.07, 6.45) is 0. The fraction of sp³-hybridized carbons (Fsp3) is 0. The Morgan fingerprint density at radius 3 is 2.33 bits per heavy atom. The molecule has 8 heteroatoms. The maximum atomic E-state index is 11.7. The lowest BCUT2D eigenvalue weighted by atomic mass is 10.1. The first-order valence-corrected chi connectivity index (χ1v) is 8.64. The number of fused-ring (bicyclic) bond motifs is 1. The molecule has 0 aliphatic heterocycles. The van der Waals surface area contributed by atoms with Gasteiger partial charge in [-0.2, -0.15) is 13.5 Å². The van der Waals surface area contributed by atoms with Gasteiger partial charge in [-0.15, -0.1) is 5.11 Å². The Balaban J connectivity index is 2.20. The number of nitrogen functional groups attached to an aromatic ring is 1. The molecule has 0 aliphatic rings. The van der Waals surface area contributed by atoms with Gasteiger partial charge in [0, 0.05) is 15.8 Å². The highest BCUT2D eigenvalue weighted by Crippen LogP contribution is 2.36. The third kappa shape index (κ3) is 3.23. The summed E-state index contributed by atoms with van der Waals surface area (Å²) >= 11 is 5.88. The van der Waals surface area contributed by atoms with E-state index in [9.17, 15) is 13.0 Å². The standard InChI is InChI=1S/C16H12ClN3O3S/c17-10-4-3-5-11(8-10)19-20-14-9-15(24(21,22)23)12-6-1-2-7-13(12)16(14)18/h1-9H,18H2,(H,21,22,23)/b20-19+. The van der Waals surface area contributed by atoms with Gasteiger partial charge in [0.05, 0.1) is 11.4 Å². The topological polar surface area (TPSA) is 105 Å². The molecule has 0 heterocycles. The molecule has 0 radical (unpaired) electrons. The highest BCUT2D eigenvalue weighted by molar-refractivity contribution is 7.86. The molecule has 0 aliphatic carbocycles. The van der Waals surface area contributed by atoms with Crippen molar-refractivity contribution in [2.75, 3.05) is 5.73 Å². The average Bonchev–Trinajstić information content (AvgIpc) is 2.53. The quantitative estimate of drug-likeness (QED) is 0.399. The number of hydrogen-bond acceptors (Lipinski definition) is 5. The molecule has 0 spiro atoms. The van der Waals surface area contributed by atoms with E-state index >= 15 is 0 Å². The molecule has 0 unspecified atom stereocenters. The summed E-state index contributed by atoms with van der Waals surface area (Å²) in [6.45, 7) is 0. The van der Waals surface area contributed by atoms with Crippen LogP contribution in [0.1, 0.15) is 0 Å². The summed E-state index contributed by atoms with van der Waals surface area (Å²) in [5.41, 5.74) is 6.97. The van der Waals surface area contributed by atoms with Crippen molar-refractivity contribution in [1.82, 2.24) is 0 Å². The lowest BCUT2D eigenvalue weighted by molar-refractivity contribution is 0.484. The summed E-state index contributed by atoms with van der Waals surface area (Å²) < 4.78 is 32.8. The van der Waals surface area contributed by atoms with Crippen LogP contribution in [0.5, 0.6) is 0 Å². The molecule has 0 saturated heterocycles. The van der Waals surface area contributed by atoms with Crippen LogP contribution in [0, 0.1) is 0 Å². The van der Waals surface area contributed by atoms with Gasteiger partial charge in [-0.05, 0) is 24.3 Å². The summed E-state index contributed by atoms with van der Waals surface area (Å²) in [6, 6.07) is 14.5. The van der Waals surface area contributed by atoms with E-state index in [-0.39, 0.29) is 16.3 Å². The fourth-order valence-corrected chi connectivity index (χ4v) is 3.20. The van der Waals surface area contributed by atoms with Crippen molar-refractivity contribution < 1.29 is 13.0 Å². The first-order chi connectivity index (χ1) is 11.4. The van der Waals surface area contributed by atoms with Crippen LogP contribution in [0.25, 0.3) is 10.8 Å². The van der Waals surface area contributed by atoms with E-state index in [0.717, 1.165) is 0 Å². The Morgan fingerprint density at radius 1 is 0.958 bits per heavy atom. The summed E-state index contributed by atoms with van der Waals surface area (Å²) in [5, 5.41) is 9.30. The van der Waals surface area contributed by atoms with Crippen LogP contribution >= 0.6 is 11.6 Å². The molecule has 0 bridgehead atoms. The van der Waals surface area contributed by atoms with Gasteiger partial charge < -0.3 is 5.73 Å². The Morgan fingerprint density at radius 2 is 1.67 bits per heavy atom. The smallest absolute Gasteiger partial charge is 0.295 e. The number of halogens is 1. The van der Waals surface area contributed by atoms with E-state index in [2.05, 4.69) is 10.2 Å². The van der Waals surface area contributed by atoms with Crippen molar-refractivity contribution in [3.63, 3.8) is 0 Å². The molecule has 0 aromatic heterocycles. The van der Waals surface area contributed by atoms with Gasteiger partial charge in [-0.25, -0.2) is 0 Å². The zero-order valence-electron chi connectivity index (χ0n) is 12.2. The van der Waals surface area contributed by atoms with Crippen LogP contribution < -0.4 is 5.73 Å². The fourth-order valence-electron chi connectivity index (χ4n) is 2.30. The second-order valence-corrected chi connectivity index (χ2v) is 6.83. The summed E-state index contributed by atoms with van der Waals surface area (Å²) in [7, 11) is -4.44.